The molecule has 1 fully saturated rings. The monoisotopic (exact) mass is 521 g/mol. The summed E-state index contributed by atoms with van der Waals surface area (Å²) < 4.78 is 83.1. The number of hydrogen-bond acceptors (Lipinski definition) is 3. The first-order valence-electron chi connectivity index (χ1n) is 10.5. The van der Waals surface area contributed by atoms with Crippen molar-refractivity contribution in [1.82, 2.24) is 14.5 Å². The first-order valence-corrected chi connectivity index (χ1v) is 10.8. The Morgan fingerprint density at radius 1 is 1.09 bits per heavy atom. The molecule has 1 aromatic heterocycles. The number of aromatic nitrogens is 2. The van der Waals surface area contributed by atoms with Crippen molar-refractivity contribution >= 4 is 28.5 Å². The second-order valence-corrected chi connectivity index (χ2v) is 8.51. The van der Waals surface area contributed by atoms with Crippen molar-refractivity contribution < 1.29 is 35.9 Å². The van der Waals surface area contributed by atoms with E-state index in [4.69, 9.17) is 11.6 Å². The molecule has 1 amide bonds. The Balaban J connectivity index is 1.48. The zero-order valence-electron chi connectivity index (χ0n) is 17.8. The molecule has 35 heavy (non-hydrogen) atoms. The van der Waals surface area contributed by atoms with Gasteiger partial charge < -0.3 is 14.6 Å². The van der Waals surface area contributed by atoms with Crippen LogP contribution >= 0.6 is 11.6 Å². The number of fused-ring (bicyclic) bond motifs is 1. The minimum absolute atomic E-state index is 0.0722. The van der Waals surface area contributed by atoms with Gasteiger partial charge in [0, 0.05) is 19.1 Å². The van der Waals surface area contributed by atoms with Crippen molar-refractivity contribution in [3.63, 3.8) is 0 Å². The Kier molecular flexibility index (Phi) is 6.52. The zero-order chi connectivity index (χ0) is 25.5. The third-order valence-corrected chi connectivity index (χ3v) is 6.11. The van der Waals surface area contributed by atoms with Crippen LogP contribution in [0.15, 0.2) is 41.2 Å². The first-order chi connectivity index (χ1) is 16.3. The number of piperidine rings is 1. The van der Waals surface area contributed by atoms with Gasteiger partial charge in [-0.15, -0.1) is 13.2 Å². The maximum absolute atomic E-state index is 13.5. The van der Waals surface area contributed by atoms with E-state index in [0.717, 1.165) is 16.7 Å². The number of rotatable bonds is 4. The molecule has 1 aliphatic heterocycles. The molecule has 1 aliphatic rings. The molecule has 0 unspecified atom stereocenters. The van der Waals surface area contributed by atoms with E-state index in [0.29, 0.717) is 0 Å². The average molecular weight is 522 g/mol. The summed E-state index contributed by atoms with van der Waals surface area (Å²) in [6.07, 6.45) is -9.36. The molecule has 13 heteroatoms. The number of H-pyrrole nitrogens is 1. The summed E-state index contributed by atoms with van der Waals surface area (Å²) in [5.41, 5.74) is -1.49. The molecule has 0 atom stereocenters. The Morgan fingerprint density at radius 3 is 2.40 bits per heavy atom. The number of amides is 1. The van der Waals surface area contributed by atoms with Gasteiger partial charge in [0.1, 0.15) is 5.75 Å². The highest BCUT2D eigenvalue weighted by molar-refractivity contribution is 6.32. The molecule has 2 heterocycles. The minimum Gasteiger partial charge on any atom is -0.404 e. The molecule has 188 valence electrons. The van der Waals surface area contributed by atoms with Crippen LogP contribution in [0.3, 0.4) is 0 Å². The number of benzene rings is 2. The van der Waals surface area contributed by atoms with E-state index in [1.165, 1.54) is 29.2 Å². The molecule has 3 aromatic rings. The summed E-state index contributed by atoms with van der Waals surface area (Å²) in [4.78, 5) is 29.1. The molecule has 0 radical (unpaired) electrons. The maximum Gasteiger partial charge on any atom is 0.573 e. The number of para-hydroxylation sites is 1. The molecule has 0 bridgehead atoms. The van der Waals surface area contributed by atoms with Crippen LogP contribution in [-0.4, -0.2) is 39.8 Å². The van der Waals surface area contributed by atoms with E-state index in [1.54, 1.807) is 0 Å². The Bertz CT molecular complexity index is 1310. The lowest BCUT2D eigenvalue weighted by atomic mass is 10.0. The number of imidazole rings is 1. The van der Waals surface area contributed by atoms with Gasteiger partial charge >= 0.3 is 18.2 Å². The fourth-order valence-electron chi connectivity index (χ4n) is 4.28. The standard InChI is InChI=1S/C22H18ClF6N3O3/c23-15-5-4-12(10-17(15)35-22(27,28)29)11-18(33)31-8-6-13(7-9-31)32-19-14(21(24,25)26)2-1-3-16(19)30-20(32)34/h1-5,10,13H,6-9,11H2,(H,30,34). The van der Waals surface area contributed by atoms with Crippen molar-refractivity contribution in [3.8, 4) is 5.75 Å². The van der Waals surface area contributed by atoms with Crippen LogP contribution in [0.2, 0.25) is 5.02 Å². The number of halogens is 7. The molecule has 2 aromatic carbocycles. The van der Waals surface area contributed by atoms with Gasteiger partial charge in [-0.2, -0.15) is 13.2 Å². The van der Waals surface area contributed by atoms with Crippen LogP contribution in [0.5, 0.6) is 5.75 Å². The lowest BCUT2D eigenvalue weighted by molar-refractivity contribution is -0.274. The van der Waals surface area contributed by atoms with E-state index < -0.39 is 35.6 Å². The van der Waals surface area contributed by atoms with Gasteiger partial charge in [-0.1, -0.05) is 23.7 Å². The quantitative estimate of drug-likeness (QED) is 0.473. The molecular formula is C22H18ClF6N3O3. The van der Waals surface area contributed by atoms with Crippen LogP contribution in [0, 0.1) is 0 Å². The Morgan fingerprint density at radius 2 is 1.77 bits per heavy atom. The normalized spacial score (nSPS) is 15.6. The second kappa shape index (κ2) is 9.14. The van der Waals surface area contributed by atoms with Crippen molar-refractivity contribution in [1.29, 1.82) is 0 Å². The number of nitrogens with zero attached hydrogens (tertiary/aromatic N) is 2. The average Bonchev–Trinajstić information content (AvgIpc) is 3.10. The first kappa shape index (κ1) is 25.0. The van der Waals surface area contributed by atoms with Gasteiger partial charge in [-0.25, -0.2) is 4.79 Å². The highest BCUT2D eigenvalue weighted by Gasteiger charge is 2.36. The predicted octanol–water partition coefficient (Wildman–Crippen LogP) is 5.31. The molecule has 0 aliphatic carbocycles. The van der Waals surface area contributed by atoms with Crippen LogP contribution in [0.1, 0.15) is 30.0 Å². The van der Waals surface area contributed by atoms with Crippen LogP contribution in [0.25, 0.3) is 11.0 Å². The van der Waals surface area contributed by atoms with Crippen LogP contribution in [-0.2, 0) is 17.4 Å². The molecule has 0 saturated carbocycles. The second-order valence-electron chi connectivity index (χ2n) is 8.10. The van der Waals surface area contributed by atoms with Crippen molar-refractivity contribution in [2.45, 2.75) is 37.8 Å². The summed E-state index contributed by atoms with van der Waals surface area (Å²) in [5, 5.41) is -0.262. The number of alkyl halides is 6. The SMILES string of the molecule is O=C(Cc1ccc(Cl)c(OC(F)(F)F)c1)N1CCC(n2c(=O)[nH]c3cccc(C(F)(F)F)c32)CC1. The van der Waals surface area contributed by atoms with Gasteiger partial charge in [0.2, 0.25) is 5.91 Å². The fraction of sp³-hybridized carbons (Fsp3) is 0.364. The van der Waals surface area contributed by atoms with Crippen molar-refractivity contribution in [2.24, 2.45) is 0 Å². The Hall–Kier alpha value is -3.15. The number of carbonyl (C=O) groups excluding carboxylic acids is 1. The molecule has 6 nitrogen and oxygen atoms in total. The molecule has 1 saturated heterocycles. The number of hydrogen-bond donors (Lipinski definition) is 1. The van der Waals surface area contributed by atoms with Gasteiger partial charge in [-0.05, 0) is 42.7 Å². The molecule has 4 rings (SSSR count). The van der Waals surface area contributed by atoms with Crippen molar-refractivity contribution in [3.05, 3.63) is 63.0 Å². The number of likely N-dealkylation sites (tertiary alicyclic amines) is 1. The fourth-order valence-corrected chi connectivity index (χ4v) is 4.43. The van der Waals surface area contributed by atoms with E-state index in [-0.39, 0.29) is 59.9 Å². The smallest absolute Gasteiger partial charge is 0.404 e. The van der Waals surface area contributed by atoms with Gasteiger partial charge in [0.25, 0.3) is 0 Å². The van der Waals surface area contributed by atoms with E-state index in [1.807, 2.05) is 0 Å². The van der Waals surface area contributed by atoms with E-state index >= 15 is 0 Å². The summed E-state index contributed by atoms with van der Waals surface area (Å²) in [6.45, 7) is 0.326. The largest absolute Gasteiger partial charge is 0.573 e. The Labute approximate surface area is 199 Å². The minimum atomic E-state index is -4.94. The number of aromatic amines is 1. The van der Waals surface area contributed by atoms with Gasteiger partial charge in [-0.3, -0.25) is 9.36 Å². The third-order valence-electron chi connectivity index (χ3n) is 5.80. The van der Waals surface area contributed by atoms with Crippen molar-refractivity contribution in [2.75, 3.05) is 13.1 Å². The highest BCUT2D eigenvalue weighted by Crippen LogP contribution is 2.36. The molecular weight excluding hydrogens is 504 g/mol. The summed E-state index contributed by atoms with van der Waals surface area (Å²) >= 11 is 5.72. The summed E-state index contributed by atoms with van der Waals surface area (Å²) in [5.74, 6) is -1.01. The van der Waals surface area contributed by atoms with E-state index in [2.05, 4.69) is 9.72 Å². The predicted molar refractivity (Wildman–Crippen MR) is 114 cm³/mol. The molecule has 1 N–H and O–H groups in total. The highest BCUT2D eigenvalue weighted by atomic mass is 35.5. The van der Waals surface area contributed by atoms with Gasteiger partial charge in [0.15, 0.2) is 0 Å². The summed E-state index contributed by atoms with van der Waals surface area (Å²) in [7, 11) is 0. The maximum atomic E-state index is 13.5. The lowest BCUT2D eigenvalue weighted by Gasteiger charge is -2.33. The number of carbonyl (C=O) groups is 1. The number of ether oxygens (including phenoxy) is 1. The van der Waals surface area contributed by atoms with E-state index in [9.17, 15) is 35.9 Å². The van der Waals surface area contributed by atoms with Crippen LogP contribution in [0.4, 0.5) is 26.3 Å². The zero-order valence-corrected chi connectivity index (χ0v) is 18.6. The summed E-state index contributed by atoms with van der Waals surface area (Å²) in [6, 6.07) is 6.59. The van der Waals surface area contributed by atoms with Gasteiger partial charge in [0.05, 0.1) is 28.0 Å². The topological polar surface area (TPSA) is 67.3 Å². The molecule has 0 spiro atoms. The number of nitrogens with one attached hydrogen (secondary N) is 1. The lowest BCUT2D eigenvalue weighted by Crippen LogP contribution is -2.41. The van der Waals surface area contributed by atoms with Crippen LogP contribution < -0.4 is 10.4 Å². The third kappa shape index (κ3) is 5.42.